The van der Waals surface area contributed by atoms with E-state index in [4.69, 9.17) is 16.3 Å². The van der Waals surface area contributed by atoms with E-state index in [-0.39, 0.29) is 30.3 Å². The summed E-state index contributed by atoms with van der Waals surface area (Å²) >= 11 is 6.24. The number of methoxy groups -OCH3 is 1. The first-order valence-electron chi connectivity index (χ1n) is 13.7. The Labute approximate surface area is 256 Å². The third-order valence-electron chi connectivity index (χ3n) is 6.92. The largest absolute Gasteiger partial charge is 0.497 e. The molecule has 2 aromatic heterocycles. The fourth-order valence-corrected chi connectivity index (χ4v) is 6.39. The molecule has 1 amide bonds. The molecule has 43 heavy (non-hydrogen) atoms. The zero-order chi connectivity index (χ0) is 30.4. The number of para-hydroxylation sites is 2. The molecular weight excluding hydrogens is 586 g/mol. The van der Waals surface area contributed by atoms with Crippen LogP contribution in [0.2, 0.25) is 5.02 Å². The lowest BCUT2D eigenvalue weighted by atomic mass is 10.1. The monoisotopic (exact) mass is 617 g/mol. The van der Waals surface area contributed by atoms with Gasteiger partial charge < -0.3 is 19.9 Å². The van der Waals surface area contributed by atoms with E-state index >= 15 is 0 Å². The number of nitrogens with zero attached hydrogens (tertiary/aromatic N) is 3. The van der Waals surface area contributed by atoms with Gasteiger partial charge in [0.15, 0.2) is 0 Å². The van der Waals surface area contributed by atoms with Crippen molar-refractivity contribution >= 4 is 49.8 Å². The summed E-state index contributed by atoms with van der Waals surface area (Å²) in [4.78, 5) is 17.8. The van der Waals surface area contributed by atoms with Gasteiger partial charge in [0.2, 0.25) is 15.9 Å². The fourth-order valence-electron chi connectivity index (χ4n) is 4.78. The van der Waals surface area contributed by atoms with Crippen molar-refractivity contribution in [2.45, 2.75) is 18.2 Å². The molecule has 3 aromatic carbocycles. The summed E-state index contributed by atoms with van der Waals surface area (Å²) in [6, 6.07) is 24.8. The van der Waals surface area contributed by atoms with Gasteiger partial charge in [0, 0.05) is 60.2 Å². The second-order valence-electron chi connectivity index (χ2n) is 9.88. The van der Waals surface area contributed by atoms with Crippen molar-refractivity contribution < 1.29 is 17.9 Å². The lowest BCUT2D eigenvalue weighted by Crippen LogP contribution is -2.37. The number of halogens is 1. The second-order valence-corrected chi connectivity index (χ2v) is 12.3. The van der Waals surface area contributed by atoms with E-state index in [9.17, 15) is 13.2 Å². The maximum Gasteiger partial charge on any atom is 0.243 e. The molecule has 11 heteroatoms. The average Bonchev–Trinajstić information content (AvgIpc) is 3.54. The summed E-state index contributed by atoms with van der Waals surface area (Å²) in [6.07, 6.45) is 3.74. The normalized spacial score (nSPS) is 11.5. The maximum absolute atomic E-state index is 13.8. The van der Waals surface area contributed by atoms with Crippen LogP contribution in [-0.2, 0) is 14.8 Å². The van der Waals surface area contributed by atoms with Gasteiger partial charge in [-0.1, -0.05) is 23.7 Å². The topological polar surface area (TPSA) is 106 Å². The van der Waals surface area contributed by atoms with Gasteiger partial charge in [-0.3, -0.25) is 9.78 Å². The van der Waals surface area contributed by atoms with Crippen molar-refractivity contribution in [3.8, 4) is 11.4 Å². The predicted molar refractivity (Wildman–Crippen MR) is 171 cm³/mol. The summed E-state index contributed by atoms with van der Waals surface area (Å²) in [6.45, 7) is 2.28. The highest BCUT2D eigenvalue weighted by Gasteiger charge is 2.25. The van der Waals surface area contributed by atoms with Crippen LogP contribution in [-0.4, -0.2) is 54.9 Å². The van der Waals surface area contributed by atoms with Crippen molar-refractivity contribution in [1.82, 2.24) is 13.9 Å². The quantitative estimate of drug-likeness (QED) is 0.175. The SMILES string of the molecule is COc1ccc(S(=O)(=O)N(CCNc2cc(C)nc3ccc(Cl)cc23)CCC(=O)Nc2ccccc2-n2cccc2)cc1. The number of fused-ring (bicyclic) bond motifs is 1. The fraction of sp³-hybridized carbons (Fsp3) is 0.188. The van der Waals surface area contributed by atoms with E-state index in [0.29, 0.717) is 23.0 Å². The van der Waals surface area contributed by atoms with E-state index in [1.54, 1.807) is 18.2 Å². The van der Waals surface area contributed by atoms with Gasteiger partial charge in [-0.05, 0) is 79.7 Å². The number of benzene rings is 3. The molecule has 9 nitrogen and oxygen atoms in total. The molecule has 222 valence electrons. The summed E-state index contributed by atoms with van der Waals surface area (Å²) in [5.74, 6) is 0.249. The zero-order valence-corrected chi connectivity index (χ0v) is 25.4. The highest BCUT2D eigenvalue weighted by Crippen LogP contribution is 2.27. The number of carbonyl (C=O) groups is 1. The number of anilines is 2. The third kappa shape index (κ3) is 7.16. The first-order chi connectivity index (χ1) is 20.7. The Kier molecular flexibility index (Phi) is 9.30. The molecule has 5 aromatic rings. The Morgan fingerprint density at radius 3 is 2.44 bits per heavy atom. The van der Waals surface area contributed by atoms with Gasteiger partial charge in [0.05, 0.1) is 28.9 Å². The number of nitrogens with one attached hydrogen (secondary N) is 2. The maximum atomic E-state index is 13.8. The Balaban J connectivity index is 1.34. The van der Waals surface area contributed by atoms with Gasteiger partial charge in [-0.2, -0.15) is 4.31 Å². The first-order valence-corrected chi connectivity index (χ1v) is 15.5. The molecular formula is C32H32ClN5O4S. The molecule has 0 radical (unpaired) electrons. The summed E-state index contributed by atoms with van der Waals surface area (Å²) in [5.41, 5.74) is 3.84. The molecule has 0 fully saturated rings. The number of hydrogen-bond donors (Lipinski definition) is 2. The van der Waals surface area contributed by atoms with E-state index in [1.807, 2.05) is 78.5 Å². The highest BCUT2D eigenvalue weighted by molar-refractivity contribution is 7.89. The Hall–Kier alpha value is -4.38. The van der Waals surface area contributed by atoms with Crippen LogP contribution in [0.25, 0.3) is 16.6 Å². The lowest BCUT2D eigenvalue weighted by molar-refractivity contribution is -0.116. The summed E-state index contributed by atoms with van der Waals surface area (Å²) < 4.78 is 35.9. The van der Waals surface area contributed by atoms with E-state index in [2.05, 4.69) is 15.6 Å². The van der Waals surface area contributed by atoms with Crippen LogP contribution in [0.15, 0.2) is 102 Å². The van der Waals surface area contributed by atoms with Crippen molar-refractivity contribution in [3.05, 3.63) is 108 Å². The van der Waals surface area contributed by atoms with Crippen LogP contribution in [0.5, 0.6) is 5.75 Å². The molecule has 0 bridgehead atoms. The molecule has 0 atom stereocenters. The minimum absolute atomic E-state index is 0.0183. The van der Waals surface area contributed by atoms with Gasteiger partial charge in [0.25, 0.3) is 0 Å². The molecule has 0 saturated heterocycles. The molecule has 0 spiro atoms. The molecule has 5 rings (SSSR count). The van der Waals surface area contributed by atoms with Crippen LogP contribution < -0.4 is 15.4 Å². The van der Waals surface area contributed by atoms with Crippen molar-refractivity contribution in [2.24, 2.45) is 0 Å². The Morgan fingerprint density at radius 2 is 1.70 bits per heavy atom. The summed E-state index contributed by atoms with van der Waals surface area (Å²) in [5, 5.41) is 7.71. The number of sulfonamides is 1. The highest BCUT2D eigenvalue weighted by atomic mass is 35.5. The average molecular weight is 618 g/mol. The third-order valence-corrected chi connectivity index (χ3v) is 9.07. The molecule has 2 N–H and O–H groups in total. The van der Waals surface area contributed by atoms with Crippen LogP contribution in [0.3, 0.4) is 0 Å². The van der Waals surface area contributed by atoms with Crippen LogP contribution in [0, 0.1) is 6.92 Å². The Morgan fingerprint density at radius 1 is 0.953 bits per heavy atom. The number of amides is 1. The predicted octanol–water partition coefficient (Wildman–Crippen LogP) is 6.13. The number of hydrogen-bond acceptors (Lipinski definition) is 6. The minimum atomic E-state index is -3.93. The van der Waals surface area contributed by atoms with Crippen LogP contribution >= 0.6 is 11.6 Å². The number of rotatable bonds is 12. The molecule has 0 aliphatic carbocycles. The number of carbonyl (C=O) groups excluding carboxylic acids is 1. The number of pyridine rings is 1. The van der Waals surface area contributed by atoms with Crippen LogP contribution in [0.1, 0.15) is 12.1 Å². The second kappa shape index (κ2) is 13.3. The number of aryl methyl sites for hydroxylation is 1. The van der Waals surface area contributed by atoms with Crippen molar-refractivity contribution in [1.29, 1.82) is 0 Å². The zero-order valence-electron chi connectivity index (χ0n) is 23.8. The van der Waals surface area contributed by atoms with Gasteiger partial charge in [0.1, 0.15) is 5.75 Å². The van der Waals surface area contributed by atoms with Crippen LogP contribution in [0.4, 0.5) is 11.4 Å². The van der Waals surface area contributed by atoms with Crippen molar-refractivity contribution in [3.63, 3.8) is 0 Å². The minimum Gasteiger partial charge on any atom is -0.497 e. The van der Waals surface area contributed by atoms with Gasteiger partial charge in [-0.15, -0.1) is 0 Å². The molecule has 0 unspecified atom stereocenters. The summed E-state index contributed by atoms with van der Waals surface area (Å²) in [7, 11) is -2.41. The molecule has 0 aliphatic rings. The molecule has 0 aliphatic heterocycles. The number of ether oxygens (including phenoxy) is 1. The number of aromatic nitrogens is 2. The smallest absolute Gasteiger partial charge is 0.243 e. The molecule has 2 heterocycles. The lowest BCUT2D eigenvalue weighted by Gasteiger charge is -2.23. The van der Waals surface area contributed by atoms with Crippen molar-refractivity contribution in [2.75, 3.05) is 37.4 Å². The molecule has 0 saturated carbocycles. The van der Waals surface area contributed by atoms with E-state index < -0.39 is 10.0 Å². The first kappa shape index (κ1) is 30.1. The van der Waals surface area contributed by atoms with Gasteiger partial charge >= 0.3 is 0 Å². The van der Waals surface area contributed by atoms with Gasteiger partial charge in [-0.25, -0.2) is 8.42 Å². The Bertz CT molecular complexity index is 1830. The van der Waals surface area contributed by atoms with E-state index in [1.165, 1.54) is 23.5 Å². The standard InChI is InChI=1S/C32H32ClN5O4S/c1-23-21-30(27-22-24(33)9-14-28(27)35-23)34-16-20-38(43(40,41)26-12-10-25(42-2)11-13-26)19-15-32(39)36-29-7-3-4-8-31(29)37-17-5-6-18-37/h3-14,17-18,21-22H,15-16,19-20H2,1-2H3,(H,34,35)(H,36,39). The van der Waals surface area contributed by atoms with E-state index in [0.717, 1.165) is 28.0 Å².